The highest BCUT2D eigenvalue weighted by molar-refractivity contribution is 6.10. The number of anilines is 2. The van der Waals surface area contributed by atoms with E-state index in [-0.39, 0.29) is 23.5 Å². The van der Waals surface area contributed by atoms with Crippen LogP contribution in [0.3, 0.4) is 0 Å². The third kappa shape index (κ3) is 6.52. The van der Waals surface area contributed by atoms with Gasteiger partial charge in [0.05, 0.1) is 23.7 Å². The monoisotopic (exact) mass is 654 g/mol. The molecule has 3 aliphatic rings. The Kier molecular flexibility index (Phi) is 8.41. The number of carbonyl (C=O) groups is 1. The second-order valence-electron chi connectivity index (χ2n) is 13.4. The van der Waals surface area contributed by atoms with Gasteiger partial charge in [0.2, 0.25) is 0 Å². The lowest BCUT2D eigenvalue weighted by Gasteiger charge is -2.31. The molecule has 1 saturated carbocycles. The van der Waals surface area contributed by atoms with E-state index in [1.54, 1.807) is 42.2 Å². The number of rotatable bonds is 9. The molecule has 0 spiro atoms. The molecule has 9 nitrogen and oxygen atoms in total. The van der Waals surface area contributed by atoms with Crippen molar-refractivity contribution in [2.75, 3.05) is 29.9 Å². The Morgan fingerprint density at radius 3 is 2.60 bits per heavy atom. The molecule has 2 fully saturated rings. The van der Waals surface area contributed by atoms with Crippen LogP contribution in [0.25, 0.3) is 22.5 Å². The number of aryl methyl sites for hydroxylation is 1. The SMILES string of the molecule is C[C@H]1CCCN(Cc2cc3c(c(C(F)(F)F)c2)CN(c2cc(-c4ccc(C#N)cc4-c4nncn4C)cc(NCCC4CC4)n2)C3=O)C1. The summed E-state index contributed by atoms with van der Waals surface area (Å²) in [6.07, 6.45) is 2.43. The Morgan fingerprint density at radius 1 is 1.06 bits per heavy atom. The van der Waals surface area contributed by atoms with Crippen molar-refractivity contribution in [2.24, 2.45) is 18.9 Å². The fraction of sp³-hybridized carbons (Fsp3) is 0.417. The number of pyridine rings is 1. The van der Waals surface area contributed by atoms with Crippen molar-refractivity contribution in [3.63, 3.8) is 0 Å². The van der Waals surface area contributed by atoms with E-state index in [9.17, 15) is 23.2 Å². The zero-order valence-electron chi connectivity index (χ0n) is 27.0. The molecule has 248 valence electrons. The highest BCUT2D eigenvalue weighted by atomic mass is 19.4. The fourth-order valence-electron chi connectivity index (χ4n) is 6.97. The second kappa shape index (κ2) is 12.7. The normalized spacial score (nSPS) is 18.2. The molecular weight excluding hydrogens is 617 g/mol. The molecule has 2 aromatic carbocycles. The van der Waals surface area contributed by atoms with Gasteiger partial charge in [-0.15, -0.1) is 10.2 Å². The third-order valence-corrected chi connectivity index (χ3v) is 9.61. The lowest BCUT2D eigenvalue weighted by molar-refractivity contribution is -0.138. The standard InChI is InChI=1S/C36H37F3N8O/c1-22-4-3-11-46(18-22)19-25-13-29-30(31(14-25)36(37,38)39)20-47(35(29)48)33-16-26(15-32(43-33)41-10-9-23-5-6-23)27-8-7-24(17-40)12-28(27)34-44-42-21-45(34)2/h7-8,12-16,21-23H,3-6,9-11,18-20H2,1-2H3,(H,41,43)/t22-/m0/s1. The van der Waals surface area contributed by atoms with Gasteiger partial charge in [-0.25, -0.2) is 4.98 Å². The van der Waals surface area contributed by atoms with Crippen LogP contribution in [0.1, 0.15) is 71.6 Å². The first kappa shape index (κ1) is 31.8. The molecule has 1 amide bonds. The smallest absolute Gasteiger partial charge is 0.370 e. The van der Waals surface area contributed by atoms with Crippen molar-refractivity contribution < 1.29 is 18.0 Å². The van der Waals surface area contributed by atoms with Crippen LogP contribution >= 0.6 is 0 Å². The van der Waals surface area contributed by atoms with E-state index in [2.05, 4.69) is 33.4 Å². The molecule has 12 heteroatoms. The predicted octanol–water partition coefficient (Wildman–Crippen LogP) is 7.04. The average Bonchev–Trinajstić information content (AvgIpc) is 3.69. The molecule has 0 unspecified atom stereocenters. The minimum atomic E-state index is -4.62. The van der Waals surface area contributed by atoms with Crippen molar-refractivity contribution in [1.82, 2.24) is 24.6 Å². The quantitative estimate of drug-likeness (QED) is 0.207. The molecule has 2 aliphatic heterocycles. The maximum absolute atomic E-state index is 14.5. The molecule has 48 heavy (non-hydrogen) atoms. The van der Waals surface area contributed by atoms with Gasteiger partial charge in [-0.1, -0.05) is 25.8 Å². The zero-order chi connectivity index (χ0) is 33.6. The molecule has 0 bridgehead atoms. The molecule has 4 aromatic rings. The number of fused-ring (bicyclic) bond motifs is 1. The number of benzene rings is 2. The van der Waals surface area contributed by atoms with Crippen LogP contribution in [0.2, 0.25) is 0 Å². The van der Waals surface area contributed by atoms with Crippen LogP contribution in [0.5, 0.6) is 0 Å². The minimum absolute atomic E-state index is 0.0307. The van der Waals surface area contributed by atoms with E-state index >= 15 is 0 Å². The molecular formula is C36H37F3N8O. The zero-order valence-corrected chi connectivity index (χ0v) is 27.0. The second-order valence-corrected chi connectivity index (χ2v) is 13.4. The molecule has 1 saturated heterocycles. The average molecular weight is 655 g/mol. The Bertz CT molecular complexity index is 1910. The number of hydrogen-bond acceptors (Lipinski definition) is 7. The number of alkyl halides is 3. The summed E-state index contributed by atoms with van der Waals surface area (Å²) in [5, 5.41) is 21.3. The summed E-state index contributed by atoms with van der Waals surface area (Å²) >= 11 is 0. The Labute approximate surface area is 277 Å². The topological polar surface area (TPSA) is 103 Å². The summed E-state index contributed by atoms with van der Waals surface area (Å²) in [5.41, 5.74) is 2.24. The lowest BCUT2D eigenvalue weighted by atomic mass is 9.96. The number of halogens is 3. The van der Waals surface area contributed by atoms with Crippen molar-refractivity contribution in [1.29, 1.82) is 5.26 Å². The Morgan fingerprint density at radius 2 is 1.90 bits per heavy atom. The van der Waals surface area contributed by atoms with Crippen molar-refractivity contribution in [3.05, 3.63) is 76.6 Å². The predicted molar refractivity (Wildman–Crippen MR) is 176 cm³/mol. The van der Waals surface area contributed by atoms with E-state index in [1.807, 2.05) is 12.1 Å². The van der Waals surface area contributed by atoms with E-state index < -0.39 is 17.6 Å². The van der Waals surface area contributed by atoms with E-state index in [4.69, 9.17) is 4.98 Å². The minimum Gasteiger partial charge on any atom is -0.370 e. The van der Waals surface area contributed by atoms with Crippen LogP contribution in [0.15, 0.2) is 48.8 Å². The number of nitrogens with zero attached hydrogens (tertiary/aromatic N) is 7. The van der Waals surface area contributed by atoms with Crippen molar-refractivity contribution in [3.8, 4) is 28.6 Å². The molecule has 4 heterocycles. The van der Waals surface area contributed by atoms with Gasteiger partial charge in [-0.05, 0) is 96.3 Å². The summed E-state index contributed by atoms with van der Waals surface area (Å²) in [6, 6.07) is 13.9. The summed E-state index contributed by atoms with van der Waals surface area (Å²) in [4.78, 5) is 22.3. The Hall–Kier alpha value is -4.76. The van der Waals surface area contributed by atoms with Crippen LogP contribution < -0.4 is 10.2 Å². The molecule has 1 N–H and O–H groups in total. The van der Waals surface area contributed by atoms with Gasteiger partial charge in [0.15, 0.2) is 5.82 Å². The lowest BCUT2D eigenvalue weighted by Crippen LogP contribution is -2.33. The number of carbonyl (C=O) groups excluding carboxylic acids is 1. The number of nitriles is 1. The van der Waals surface area contributed by atoms with Gasteiger partial charge in [0, 0.05) is 37.8 Å². The first-order valence-electron chi connectivity index (χ1n) is 16.5. The van der Waals surface area contributed by atoms with Crippen LogP contribution in [0, 0.1) is 23.2 Å². The Balaban J connectivity index is 1.29. The summed E-state index contributed by atoms with van der Waals surface area (Å²) in [5.74, 6) is 1.94. The number of piperidine rings is 1. The summed E-state index contributed by atoms with van der Waals surface area (Å²) < 4.78 is 45.4. The van der Waals surface area contributed by atoms with Crippen LogP contribution in [-0.2, 0) is 26.3 Å². The summed E-state index contributed by atoms with van der Waals surface area (Å²) in [6.45, 7) is 4.58. The first-order chi connectivity index (χ1) is 23.1. The maximum Gasteiger partial charge on any atom is 0.416 e. The number of hydrogen-bond donors (Lipinski definition) is 1. The number of nitrogens with one attached hydrogen (secondary N) is 1. The van der Waals surface area contributed by atoms with Crippen molar-refractivity contribution >= 4 is 17.5 Å². The summed E-state index contributed by atoms with van der Waals surface area (Å²) in [7, 11) is 1.81. The van der Waals surface area contributed by atoms with E-state index in [0.29, 0.717) is 58.8 Å². The third-order valence-electron chi connectivity index (χ3n) is 9.61. The highest BCUT2D eigenvalue weighted by Crippen LogP contribution is 2.41. The van der Waals surface area contributed by atoms with Crippen molar-refractivity contribution in [2.45, 2.75) is 58.3 Å². The largest absolute Gasteiger partial charge is 0.416 e. The maximum atomic E-state index is 14.5. The van der Waals surface area contributed by atoms with Crippen LogP contribution in [-0.4, -0.2) is 50.2 Å². The van der Waals surface area contributed by atoms with Gasteiger partial charge >= 0.3 is 6.18 Å². The highest BCUT2D eigenvalue weighted by Gasteiger charge is 2.41. The molecule has 0 radical (unpaired) electrons. The number of aromatic nitrogens is 4. The van der Waals surface area contributed by atoms with E-state index in [0.717, 1.165) is 37.9 Å². The van der Waals surface area contributed by atoms with Gasteiger partial charge in [0.1, 0.15) is 18.0 Å². The molecule has 1 aliphatic carbocycles. The van der Waals surface area contributed by atoms with Gasteiger partial charge < -0.3 is 9.88 Å². The van der Waals surface area contributed by atoms with Gasteiger partial charge in [-0.3, -0.25) is 14.6 Å². The first-order valence-corrected chi connectivity index (χ1v) is 16.5. The molecule has 7 rings (SSSR count). The van der Waals surface area contributed by atoms with Gasteiger partial charge in [0.25, 0.3) is 5.91 Å². The van der Waals surface area contributed by atoms with Gasteiger partial charge in [-0.2, -0.15) is 18.4 Å². The number of likely N-dealkylation sites (tertiary alicyclic amines) is 1. The molecule has 2 aromatic heterocycles. The number of amides is 1. The van der Waals surface area contributed by atoms with E-state index in [1.165, 1.54) is 23.8 Å². The fourth-order valence-corrected chi connectivity index (χ4v) is 6.97. The van der Waals surface area contributed by atoms with Crippen LogP contribution in [0.4, 0.5) is 24.8 Å². The molecule has 1 atom stereocenters.